The average Bonchev–Trinajstić information content (AvgIpc) is 2.87. The van der Waals surface area contributed by atoms with Crippen molar-refractivity contribution in [3.05, 3.63) is 70.8 Å². The number of halogens is 5. The Kier molecular flexibility index (Phi) is 9.51. The van der Waals surface area contributed by atoms with E-state index >= 15 is 0 Å². The van der Waals surface area contributed by atoms with Gasteiger partial charge in [0.2, 0.25) is 0 Å². The van der Waals surface area contributed by atoms with Crippen molar-refractivity contribution in [3.8, 4) is 11.8 Å². The number of alkyl halides is 3. The molecule has 37 heavy (non-hydrogen) atoms. The van der Waals surface area contributed by atoms with Gasteiger partial charge < -0.3 is 14.2 Å². The van der Waals surface area contributed by atoms with Crippen LogP contribution < -0.4 is 0 Å². The van der Waals surface area contributed by atoms with Crippen molar-refractivity contribution in [2.24, 2.45) is 0 Å². The molecule has 0 bridgehead atoms. The van der Waals surface area contributed by atoms with Crippen molar-refractivity contribution in [3.63, 3.8) is 0 Å². The topological polar surface area (TPSA) is 34.2 Å². The third kappa shape index (κ3) is 7.97. The average molecular weight is 525 g/mol. The first-order chi connectivity index (χ1) is 17.8. The summed E-state index contributed by atoms with van der Waals surface area (Å²) >= 11 is 0. The predicted molar refractivity (Wildman–Crippen MR) is 127 cm³/mol. The first-order valence-corrected chi connectivity index (χ1v) is 12.1. The van der Waals surface area contributed by atoms with Gasteiger partial charge in [-0.2, -0.15) is 13.2 Å². The molecule has 0 spiro atoms. The van der Waals surface area contributed by atoms with Crippen LogP contribution in [0.25, 0.3) is 0 Å². The predicted octanol–water partition coefficient (Wildman–Crippen LogP) is 4.28. The molecule has 2 aromatic rings. The first-order valence-electron chi connectivity index (χ1n) is 12.1. The van der Waals surface area contributed by atoms with Gasteiger partial charge in [0.05, 0.1) is 51.1 Å². The van der Waals surface area contributed by atoms with Crippen LogP contribution in [0.1, 0.15) is 22.7 Å². The fourth-order valence-electron chi connectivity index (χ4n) is 4.37. The lowest BCUT2D eigenvalue weighted by Crippen LogP contribution is -2.46. The van der Waals surface area contributed by atoms with Crippen LogP contribution in [-0.4, -0.2) is 75.2 Å². The maximum Gasteiger partial charge on any atom is 0.416 e. The molecule has 200 valence electrons. The molecule has 0 saturated carbocycles. The second kappa shape index (κ2) is 12.8. The molecule has 0 aliphatic carbocycles. The molecule has 0 aromatic heterocycles. The van der Waals surface area contributed by atoms with Gasteiger partial charge in [0.1, 0.15) is 11.6 Å². The van der Waals surface area contributed by atoms with Crippen LogP contribution >= 0.6 is 0 Å². The van der Waals surface area contributed by atoms with Crippen molar-refractivity contribution in [2.45, 2.75) is 24.9 Å². The van der Waals surface area contributed by atoms with E-state index in [1.165, 1.54) is 12.1 Å². The molecule has 2 fully saturated rings. The third-order valence-electron chi connectivity index (χ3n) is 6.29. The van der Waals surface area contributed by atoms with E-state index in [2.05, 4.69) is 21.6 Å². The number of rotatable bonds is 7. The maximum atomic E-state index is 13.7. The van der Waals surface area contributed by atoms with E-state index < -0.39 is 29.9 Å². The Morgan fingerprint density at radius 3 is 2.35 bits per heavy atom. The number of morpholine rings is 2. The number of hydrogen-bond donors (Lipinski definition) is 0. The normalized spacial score (nSPS) is 21.4. The zero-order chi connectivity index (χ0) is 26.3. The largest absolute Gasteiger partial charge is 0.416 e. The smallest absolute Gasteiger partial charge is 0.379 e. The Morgan fingerprint density at radius 1 is 0.892 bits per heavy atom. The lowest BCUT2D eigenvalue weighted by Gasteiger charge is -2.40. The summed E-state index contributed by atoms with van der Waals surface area (Å²) in [5.74, 6) is 5.07. The van der Waals surface area contributed by atoms with Gasteiger partial charge >= 0.3 is 6.18 Å². The van der Waals surface area contributed by atoms with Crippen LogP contribution in [0.2, 0.25) is 0 Å². The highest BCUT2D eigenvalue weighted by Crippen LogP contribution is 2.32. The molecule has 2 saturated heterocycles. The van der Waals surface area contributed by atoms with Crippen molar-refractivity contribution in [2.75, 3.05) is 59.2 Å². The molecule has 2 heterocycles. The lowest BCUT2D eigenvalue weighted by molar-refractivity contribution is -0.208. The van der Waals surface area contributed by atoms with Crippen molar-refractivity contribution >= 4 is 0 Å². The van der Waals surface area contributed by atoms with Crippen LogP contribution in [0.5, 0.6) is 0 Å². The second-order valence-electron chi connectivity index (χ2n) is 8.91. The van der Waals surface area contributed by atoms with E-state index in [0.29, 0.717) is 45.5 Å². The Morgan fingerprint density at radius 2 is 1.62 bits per heavy atom. The van der Waals surface area contributed by atoms with Gasteiger partial charge in [-0.25, -0.2) is 8.78 Å². The van der Waals surface area contributed by atoms with Gasteiger partial charge in [-0.05, 0) is 47.9 Å². The minimum absolute atomic E-state index is 0.0136. The van der Waals surface area contributed by atoms with Crippen molar-refractivity contribution < 1.29 is 36.2 Å². The molecule has 4 rings (SSSR count). The Balaban J connectivity index is 1.42. The van der Waals surface area contributed by atoms with Crippen LogP contribution in [0, 0.1) is 23.5 Å². The molecule has 5 nitrogen and oxygen atoms in total. The van der Waals surface area contributed by atoms with E-state index in [0.717, 1.165) is 30.8 Å². The van der Waals surface area contributed by atoms with Crippen LogP contribution in [0.15, 0.2) is 42.5 Å². The molecule has 10 heteroatoms. The van der Waals surface area contributed by atoms with Crippen LogP contribution in [0.3, 0.4) is 0 Å². The van der Waals surface area contributed by atoms with Gasteiger partial charge in [0.25, 0.3) is 0 Å². The zero-order valence-corrected chi connectivity index (χ0v) is 20.3. The highest BCUT2D eigenvalue weighted by Gasteiger charge is 2.34. The SMILES string of the molecule is Fc1ccc(C2C(OCCc3cc(F)cc(C(F)(F)F)c3)OCCN2CC#CCN2CCOCC2)cc1. The second-order valence-corrected chi connectivity index (χ2v) is 8.91. The quantitative estimate of drug-likeness (QED) is 0.399. The van der Waals surface area contributed by atoms with Crippen LogP contribution in [0.4, 0.5) is 22.0 Å². The van der Waals surface area contributed by atoms with E-state index in [1.54, 1.807) is 12.1 Å². The zero-order valence-electron chi connectivity index (χ0n) is 20.3. The molecular weight excluding hydrogens is 495 g/mol. The Hall–Kier alpha value is -2.55. The summed E-state index contributed by atoms with van der Waals surface area (Å²) in [6, 6.07) is 8.07. The molecule has 2 unspecified atom stereocenters. The molecule has 0 amide bonds. The number of ether oxygens (including phenoxy) is 3. The third-order valence-corrected chi connectivity index (χ3v) is 6.29. The fourth-order valence-corrected chi connectivity index (χ4v) is 4.37. The Bertz CT molecular complexity index is 1080. The van der Waals surface area contributed by atoms with Gasteiger partial charge in [-0.3, -0.25) is 9.80 Å². The molecule has 2 aliphatic rings. The van der Waals surface area contributed by atoms with E-state index in [-0.39, 0.29) is 24.4 Å². The van der Waals surface area contributed by atoms with E-state index in [4.69, 9.17) is 14.2 Å². The monoisotopic (exact) mass is 524 g/mol. The fraction of sp³-hybridized carbons (Fsp3) is 0.481. The minimum Gasteiger partial charge on any atom is -0.379 e. The number of nitrogens with zero attached hydrogens (tertiary/aromatic N) is 2. The molecule has 0 N–H and O–H groups in total. The standard InChI is InChI=1S/C27H29F5N2O3/c28-23-5-3-21(4-6-23)25-26(36-13-7-20-17-22(27(30,31)32)19-24(29)18-20)37-16-12-34(25)9-2-1-8-33-10-14-35-15-11-33/h3-6,17-19,25-26H,7-16H2. The van der Waals surface area contributed by atoms with Gasteiger partial charge in [-0.1, -0.05) is 24.0 Å². The van der Waals surface area contributed by atoms with E-state index in [9.17, 15) is 22.0 Å². The van der Waals surface area contributed by atoms with Gasteiger partial charge in [0.15, 0.2) is 6.29 Å². The summed E-state index contributed by atoms with van der Waals surface area (Å²) in [5, 5.41) is 0. The van der Waals surface area contributed by atoms with E-state index in [1.807, 2.05) is 0 Å². The molecule has 2 aliphatic heterocycles. The summed E-state index contributed by atoms with van der Waals surface area (Å²) in [5.41, 5.74) is -0.0964. The number of hydrogen-bond acceptors (Lipinski definition) is 5. The van der Waals surface area contributed by atoms with Gasteiger partial charge in [0, 0.05) is 19.6 Å². The van der Waals surface area contributed by atoms with Crippen LogP contribution in [-0.2, 0) is 26.8 Å². The molecule has 0 radical (unpaired) electrons. The van der Waals surface area contributed by atoms with Gasteiger partial charge in [-0.15, -0.1) is 0 Å². The summed E-state index contributed by atoms with van der Waals surface area (Å²) in [4.78, 5) is 4.30. The molecular formula is C27H29F5N2O3. The maximum absolute atomic E-state index is 13.7. The van der Waals surface area contributed by atoms with Crippen molar-refractivity contribution in [1.29, 1.82) is 0 Å². The summed E-state index contributed by atoms with van der Waals surface area (Å²) in [6.45, 7) is 5.12. The molecule has 2 atom stereocenters. The minimum atomic E-state index is -4.64. The summed E-state index contributed by atoms with van der Waals surface area (Å²) < 4.78 is 83.6. The summed E-state index contributed by atoms with van der Waals surface area (Å²) in [7, 11) is 0. The highest BCUT2D eigenvalue weighted by molar-refractivity contribution is 5.27. The molecule has 2 aromatic carbocycles. The van der Waals surface area contributed by atoms with Crippen molar-refractivity contribution in [1.82, 2.24) is 9.80 Å². The number of benzene rings is 2. The highest BCUT2D eigenvalue weighted by atomic mass is 19.4. The lowest BCUT2D eigenvalue weighted by atomic mass is 10.0. The summed E-state index contributed by atoms with van der Waals surface area (Å²) in [6.07, 6.45) is -5.33. The Labute approximate surface area is 213 Å². The first kappa shape index (κ1) is 27.5.